The second-order valence-electron chi connectivity index (χ2n) is 11.0. The number of hydrogen-bond acceptors (Lipinski definition) is 1. The molecule has 0 saturated heterocycles. The highest BCUT2D eigenvalue weighted by atomic mass is 15.1. The molecule has 0 heterocycles. The van der Waals surface area contributed by atoms with Gasteiger partial charge >= 0.3 is 0 Å². The molecule has 0 unspecified atom stereocenters. The van der Waals surface area contributed by atoms with Gasteiger partial charge in [-0.15, -0.1) is 0 Å². The Balaban J connectivity index is 1.31. The first-order valence-electron chi connectivity index (χ1n) is 14.8. The van der Waals surface area contributed by atoms with E-state index in [9.17, 15) is 0 Å². The maximum atomic E-state index is 2.37. The lowest BCUT2D eigenvalue weighted by Crippen LogP contribution is -2.10. The van der Waals surface area contributed by atoms with E-state index >= 15 is 0 Å². The molecule has 0 amide bonds. The summed E-state index contributed by atoms with van der Waals surface area (Å²) in [5.41, 5.74) is 8.23. The molecule has 0 bridgehead atoms. The molecule has 0 N–H and O–H groups in total. The van der Waals surface area contributed by atoms with Crippen LogP contribution < -0.4 is 4.90 Å². The minimum atomic E-state index is 1.12. The molecule has 1 heteroatoms. The number of rotatable bonds is 5. The van der Waals surface area contributed by atoms with Crippen molar-refractivity contribution in [2.45, 2.75) is 0 Å². The zero-order valence-corrected chi connectivity index (χ0v) is 23.7. The van der Waals surface area contributed by atoms with Gasteiger partial charge in [0.25, 0.3) is 0 Å². The molecule has 8 aromatic rings. The second-order valence-corrected chi connectivity index (χ2v) is 11.0. The number of nitrogens with zero attached hydrogens (tertiary/aromatic N) is 1. The van der Waals surface area contributed by atoms with Gasteiger partial charge in [-0.3, -0.25) is 0 Å². The lowest BCUT2D eigenvalue weighted by molar-refractivity contribution is 1.29. The van der Waals surface area contributed by atoms with E-state index in [1.807, 2.05) is 0 Å². The highest BCUT2D eigenvalue weighted by molar-refractivity contribution is 6.25. The van der Waals surface area contributed by atoms with Crippen LogP contribution in [0.15, 0.2) is 176 Å². The number of anilines is 3. The van der Waals surface area contributed by atoms with Gasteiger partial charge in [0, 0.05) is 17.1 Å². The van der Waals surface area contributed by atoms with Gasteiger partial charge in [0.05, 0.1) is 0 Å². The second kappa shape index (κ2) is 10.6. The smallest absolute Gasteiger partial charge is 0.0468 e. The van der Waals surface area contributed by atoms with Crippen molar-refractivity contribution in [3.05, 3.63) is 176 Å². The van der Waals surface area contributed by atoms with E-state index in [1.54, 1.807) is 0 Å². The van der Waals surface area contributed by atoms with Crippen molar-refractivity contribution in [2.24, 2.45) is 0 Å². The predicted octanol–water partition coefficient (Wildman–Crippen LogP) is 11.9. The Morgan fingerprint density at radius 2 is 0.558 bits per heavy atom. The van der Waals surface area contributed by atoms with Gasteiger partial charge in [0.2, 0.25) is 0 Å². The molecule has 0 aliphatic carbocycles. The highest BCUT2D eigenvalue weighted by Gasteiger charge is 2.16. The third kappa shape index (κ3) is 4.52. The van der Waals surface area contributed by atoms with Crippen LogP contribution in [0.2, 0.25) is 0 Å². The van der Waals surface area contributed by atoms with Crippen LogP contribution in [0, 0.1) is 0 Å². The summed E-state index contributed by atoms with van der Waals surface area (Å²) in [4.78, 5) is 2.37. The molecule has 202 valence electrons. The first-order chi connectivity index (χ1) is 21.3. The van der Waals surface area contributed by atoms with Crippen molar-refractivity contribution >= 4 is 49.4 Å². The lowest BCUT2D eigenvalue weighted by atomic mass is 9.94. The minimum Gasteiger partial charge on any atom is -0.310 e. The summed E-state index contributed by atoms with van der Waals surface area (Å²) in [6.45, 7) is 0. The maximum Gasteiger partial charge on any atom is 0.0468 e. The Bertz CT molecular complexity index is 2080. The standard InChI is InChI=1S/C42H29N/c1-3-11-30(12-4-1)32-19-23-34(24-20-32)43(35-25-21-33(22-26-35)31-13-5-2-6-14-31)36-27-28-41-39-17-8-7-15-37(39)38-16-9-10-18-40(38)42(41)29-36/h1-29H. The zero-order valence-electron chi connectivity index (χ0n) is 23.7. The summed E-state index contributed by atoms with van der Waals surface area (Å²) in [5, 5.41) is 7.68. The number of benzene rings is 8. The molecule has 0 aromatic heterocycles. The predicted molar refractivity (Wildman–Crippen MR) is 185 cm³/mol. The van der Waals surface area contributed by atoms with E-state index in [4.69, 9.17) is 0 Å². The van der Waals surface area contributed by atoms with Crippen LogP contribution in [0.1, 0.15) is 0 Å². The van der Waals surface area contributed by atoms with E-state index in [2.05, 4.69) is 181 Å². The maximum absolute atomic E-state index is 2.37. The zero-order chi connectivity index (χ0) is 28.6. The molecule has 8 rings (SSSR count). The molecule has 0 aliphatic heterocycles. The van der Waals surface area contributed by atoms with Crippen molar-refractivity contribution in [1.82, 2.24) is 0 Å². The molecule has 0 radical (unpaired) electrons. The van der Waals surface area contributed by atoms with Crippen LogP contribution in [0.5, 0.6) is 0 Å². The SMILES string of the molecule is c1ccc(-c2ccc(N(c3ccc(-c4ccccc4)cc3)c3ccc4c5ccccc5c5ccccc5c4c3)cc2)cc1. The molecular weight excluding hydrogens is 518 g/mol. The normalized spacial score (nSPS) is 11.3. The molecule has 0 spiro atoms. The Labute approximate surface area is 251 Å². The topological polar surface area (TPSA) is 3.24 Å². The van der Waals surface area contributed by atoms with Crippen molar-refractivity contribution < 1.29 is 0 Å². The quantitative estimate of drug-likeness (QED) is 0.194. The monoisotopic (exact) mass is 547 g/mol. The van der Waals surface area contributed by atoms with Crippen LogP contribution in [-0.4, -0.2) is 0 Å². The van der Waals surface area contributed by atoms with Gasteiger partial charge in [-0.05, 0) is 91.0 Å². The molecule has 43 heavy (non-hydrogen) atoms. The highest BCUT2D eigenvalue weighted by Crippen LogP contribution is 2.41. The van der Waals surface area contributed by atoms with Gasteiger partial charge < -0.3 is 4.90 Å². The van der Waals surface area contributed by atoms with Crippen LogP contribution in [-0.2, 0) is 0 Å². The average molecular weight is 548 g/mol. The van der Waals surface area contributed by atoms with Crippen LogP contribution in [0.25, 0.3) is 54.6 Å². The Morgan fingerprint density at radius 3 is 1.00 bits per heavy atom. The molecule has 1 nitrogen and oxygen atoms in total. The van der Waals surface area contributed by atoms with Gasteiger partial charge in [-0.2, -0.15) is 0 Å². The van der Waals surface area contributed by atoms with Gasteiger partial charge in [0.1, 0.15) is 0 Å². The fourth-order valence-corrected chi connectivity index (χ4v) is 6.35. The first-order valence-corrected chi connectivity index (χ1v) is 14.8. The summed E-state index contributed by atoms with van der Waals surface area (Å²) in [7, 11) is 0. The van der Waals surface area contributed by atoms with E-state index in [0.717, 1.165) is 17.1 Å². The number of hydrogen-bond donors (Lipinski definition) is 0. The third-order valence-corrected chi connectivity index (χ3v) is 8.45. The largest absolute Gasteiger partial charge is 0.310 e. The van der Waals surface area contributed by atoms with Crippen LogP contribution in [0.4, 0.5) is 17.1 Å². The number of fused-ring (bicyclic) bond motifs is 6. The summed E-state index contributed by atoms with van der Waals surface area (Å²) >= 11 is 0. The summed E-state index contributed by atoms with van der Waals surface area (Å²) < 4.78 is 0. The lowest BCUT2D eigenvalue weighted by Gasteiger charge is -2.26. The molecule has 0 atom stereocenters. The van der Waals surface area contributed by atoms with E-state index in [1.165, 1.54) is 54.6 Å². The summed E-state index contributed by atoms with van der Waals surface area (Å²) in [6, 6.07) is 63.4. The van der Waals surface area contributed by atoms with E-state index in [0.29, 0.717) is 0 Å². The van der Waals surface area contributed by atoms with Crippen molar-refractivity contribution in [2.75, 3.05) is 4.90 Å². The van der Waals surface area contributed by atoms with Crippen LogP contribution >= 0.6 is 0 Å². The fourth-order valence-electron chi connectivity index (χ4n) is 6.35. The van der Waals surface area contributed by atoms with Gasteiger partial charge in [-0.1, -0.05) is 140 Å². The molecule has 0 fully saturated rings. The third-order valence-electron chi connectivity index (χ3n) is 8.45. The van der Waals surface area contributed by atoms with E-state index in [-0.39, 0.29) is 0 Å². The molecular formula is C42H29N. The fraction of sp³-hybridized carbons (Fsp3) is 0. The van der Waals surface area contributed by atoms with Crippen molar-refractivity contribution in [3.8, 4) is 22.3 Å². The molecule has 0 aliphatic rings. The average Bonchev–Trinajstić information content (AvgIpc) is 3.10. The summed E-state index contributed by atoms with van der Waals surface area (Å²) in [5.74, 6) is 0. The van der Waals surface area contributed by atoms with Gasteiger partial charge in [-0.25, -0.2) is 0 Å². The van der Waals surface area contributed by atoms with Gasteiger partial charge in [0.15, 0.2) is 0 Å². The Morgan fingerprint density at radius 1 is 0.233 bits per heavy atom. The first kappa shape index (κ1) is 25.1. The van der Waals surface area contributed by atoms with Crippen molar-refractivity contribution in [1.29, 1.82) is 0 Å². The Hall–Kier alpha value is -5.66. The van der Waals surface area contributed by atoms with Crippen molar-refractivity contribution in [3.63, 3.8) is 0 Å². The summed E-state index contributed by atoms with van der Waals surface area (Å²) in [6.07, 6.45) is 0. The van der Waals surface area contributed by atoms with Crippen LogP contribution in [0.3, 0.4) is 0 Å². The minimum absolute atomic E-state index is 1.12. The van der Waals surface area contributed by atoms with E-state index < -0.39 is 0 Å². The molecule has 0 saturated carbocycles. The Kier molecular flexibility index (Phi) is 6.20. The molecule has 8 aromatic carbocycles.